The summed E-state index contributed by atoms with van der Waals surface area (Å²) in [4.78, 5) is 228. The molecular weight excluding hydrogens is 1670 g/mol. The van der Waals surface area contributed by atoms with Crippen LogP contribution in [0.4, 0.5) is 9.59 Å². The Kier molecular flexibility index (Phi) is 38.9. The van der Waals surface area contributed by atoms with Crippen molar-refractivity contribution < 1.29 is 154 Å². The van der Waals surface area contributed by atoms with Gasteiger partial charge in [-0.05, 0) is 69.4 Å². The van der Waals surface area contributed by atoms with Crippen LogP contribution in [0.3, 0.4) is 0 Å². The quantitative estimate of drug-likeness (QED) is 0.00924. The van der Waals surface area contributed by atoms with Gasteiger partial charge in [-0.15, -0.1) is 0 Å². The highest BCUT2D eigenvalue weighted by molar-refractivity contribution is 7.91. The number of aliphatic hydroxyl groups is 3. The maximum Gasteiger partial charge on any atom is 0.431 e. The summed E-state index contributed by atoms with van der Waals surface area (Å²) in [6, 6.07) is -1.80. The zero-order chi connectivity index (χ0) is 92.1. The number of benzene rings is 2. The number of aliphatic hydroxyl groups excluding tert-OH is 3. The number of rotatable bonds is 34. The summed E-state index contributed by atoms with van der Waals surface area (Å²) < 4.78 is 76.7. The normalized spacial score (nSPS) is 23.7. The number of hydrogen-bond donors (Lipinski definition) is 14. The molecule has 7 rings (SSSR count). The van der Waals surface area contributed by atoms with E-state index in [1.807, 2.05) is 0 Å². The fraction of sp³-hybridized carbons (Fsp3) is 0.620. The van der Waals surface area contributed by atoms with Crippen molar-refractivity contribution in [3.8, 4) is 11.5 Å². The molecule has 2 saturated heterocycles. The Bertz CT molecular complexity index is 4320. The number of nitrogens with zero attached hydrogens (tertiary/aromatic N) is 2. The number of nitrogens with one attached hydrogen (secondary N) is 10. The topological polar surface area (TPSA) is 624 Å². The number of carbonyl (C=O) groups is 16. The number of unbranched alkanes of at least 4 members (excludes halogenated alkanes) is 3. The minimum absolute atomic E-state index is 0.0124. The smallest absolute Gasteiger partial charge is 0.431 e. The molecule has 15 N–H and O–H groups in total. The second-order valence-electron chi connectivity index (χ2n) is 30.9. The molecule has 692 valence electrons. The SMILES string of the molecule is CC[C@H](C)[C@@H]1NC(=O)CNC(=O)[C@@H]2Cc3c([nH]c4cc(OCCCCCCN(C)C(=O)OCc5ccc(O[C@@H]6O[C@H](C(=O)OC)[C@@H](OC(C)=O)[C@H](OC(C)=O)[C@H]6OC(C)=O)c(C(=O)NCCOCCOCCONC(=O)OC(C)(C)C)c5)ccc34)[S+]([O-])C[C@H](NC(=O)CNC1=O)C(=O)N[C@@H](CC(N)=O)C(=O)N1C[C@H](O)C[C@H]1C(=O)NC(C(C)[C@@H](O)CO)C(=O)N2. The Labute approximate surface area is 721 Å². The van der Waals surface area contributed by atoms with Gasteiger partial charge in [-0.25, -0.2) is 14.4 Å². The van der Waals surface area contributed by atoms with Gasteiger partial charge in [-0.2, -0.15) is 5.48 Å². The van der Waals surface area contributed by atoms with Gasteiger partial charge in [0.25, 0.3) is 5.91 Å². The van der Waals surface area contributed by atoms with Crippen molar-refractivity contribution >= 4 is 117 Å². The molecule has 0 radical (unpaired) electrons. The first-order valence-electron chi connectivity index (χ1n) is 40.4. The van der Waals surface area contributed by atoms with E-state index in [1.165, 1.54) is 49.2 Å². The molecule has 4 aliphatic rings. The largest absolute Gasteiger partial charge is 0.610 e. The number of hydrogen-bond acceptors (Lipinski definition) is 32. The Balaban J connectivity index is 1.07. The van der Waals surface area contributed by atoms with Crippen LogP contribution >= 0.6 is 0 Å². The predicted molar refractivity (Wildman–Crippen MR) is 431 cm³/mol. The van der Waals surface area contributed by atoms with E-state index in [0.717, 1.165) is 32.8 Å². The van der Waals surface area contributed by atoms with Gasteiger partial charge in [0.2, 0.25) is 70.6 Å². The molecule has 3 aromatic rings. The molecule has 16 atom stereocenters. The molecule has 12 amide bonds. The van der Waals surface area contributed by atoms with Crippen LogP contribution in [0.5, 0.6) is 11.5 Å². The predicted octanol–water partition coefficient (Wildman–Crippen LogP) is -3.13. The van der Waals surface area contributed by atoms with Crippen molar-refractivity contribution in [2.45, 2.75) is 210 Å². The van der Waals surface area contributed by atoms with Gasteiger partial charge in [-0.1, -0.05) is 46.1 Å². The van der Waals surface area contributed by atoms with Gasteiger partial charge in [0.1, 0.15) is 59.7 Å². The lowest BCUT2D eigenvalue weighted by molar-refractivity contribution is -0.282. The number of hydroxylamine groups is 1. The van der Waals surface area contributed by atoms with Gasteiger partial charge in [0.15, 0.2) is 24.4 Å². The minimum atomic E-state index is -2.50. The first kappa shape index (κ1) is 101. The second kappa shape index (κ2) is 48.3. The van der Waals surface area contributed by atoms with E-state index in [1.54, 1.807) is 40.7 Å². The standard InChI is InChI=1S/C79H113N13O32S/c1-12-40(2)61-71(106)83-34-59(100)84-54-39-125(112)73-49(32-52(68(103)82-35-60(101)88-61)85-72(107)62(41(3)56(98)37-93)89-70(105)55-30-46(97)36-92(55)74(108)53(33-58(80)99)86-69(54)104)48-19-18-47(31-51(48)87-73)116-23-16-14-13-15-22-91(10)78(111)117-38-45-17-20-57(50(29-45)67(102)81-21-24-114-25-26-115-27-28-118-90-77(110)124-79(7,8)9)122-76-66(121-44(6)96)64(120-43(5)95)63(119-42(4)94)65(123-76)75(109)113-11/h17-20,29,31,40-41,46,52-56,61-66,76,87,93,97-98H,12-16,21-28,30,32-39H2,1-11H3,(H2,80,99)(H,81,102)(H,82,103)(H,83,106)(H,84,100)(H,85,107)(H,86,104)(H,88,101)(H,89,105)(H,90,110)/t40-,41?,46+,52-,53-,54-,55-,56-,61-,62?,63-,64-,65-,66+,76+,125?/m0/s1. The average Bonchev–Trinajstić information content (AvgIpc) is 1.64. The maximum absolute atomic E-state index is 15.3. The number of nitrogens with two attached hydrogens (primary N) is 1. The van der Waals surface area contributed by atoms with Crippen LogP contribution in [-0.4, -0.2) is 313 Å². The highest BCUT2D eigenvalue weighted by Gasteiger charge is 2.56. The number of aromatic amines is 1. The van der Waals surface area contributed by atoms with Gasteiger partial charge in [-0.3, -0.25) is 67.2 Å². The summed E-state index contributed by atoms with van der Waals surface area (Å²) >= 11 is -2.50. The van der Waals surface area contributed by atoms with Gasteiger partial charge in [0.05, 0.1) is 96.2 Å². The summed E-state index contributed by atoms with van der Waals surface area (Å²) in [5, 5.41) is 52.1. The van der Waals surface area contributed by atoms with E-state index in [0.29, 0.717) is 32.1 Å². The lowest BCUT2D eigenvalue weighted by Crippen LogP contribution is -2.64. The molecule has 4 aliphatic heterocycles. The molecule has 45 nitrogen and oxygen atoms in total. The third-order valence-electron chi connectivity index (χ3n) is 20.0. The second-order valence-corrected chi connectivity index (χ2v) is 32.4. The van der Waals surface area contributed by atoms with Gasteiger partial charge >= 0.3 is 36.1 Å². The van der Waals surface area contributed by atoms with Crippen LogP contribution < -0.4 is 63.2 Å². The zero-order valence-electron chi connectivity index (χ0n) is 71.2. The van der Waals surface area contributed by atoms with E-state index >= 15 is 4.55 Å². The Morgan fingerprint density at radius 3 is 2.07 bits per heavy atom. The fourth-order valence-corrected chi connectivity index (χ4v) is 14.9. The van der Waals surface area contributed by atoms with Crippen LogP contribution in [0, 0.1) is 11.8 Å². The Morgan fingerprint density at radius 2 is 1.41 bits per heavy atom. The van der Waals surface area contributed by atoms with Crippen molar-refractivity contribution in [3.05, 3.63) is 53.1 Å². The van der Waals surface area contributed by atoms with Crippen LogP contribution in [0.15, 0.2) is 41.4 Å². The number of H-pyrrole nitrogens is 1. The highest BCUT2D eigenvalue weighted by atomic mass is 32.2. The molecule has 5 heterocycles. The van der Waals surface area contributed by atoms with E-state index in [2.05, 4.69) is 53.0 Å². The molecule has 0 saturated carbocycles. The monoisotopic (exact) mass is 1790 g/mol. The number of fused-ring (bicyclic) bond motifs is 5. The van der Waals surface area contributed by atoms with E-state index < -0.39 is 261 Å². The molecule has 125 heavy (non-hydrogen) atoms. The van der Waals surface area contributed by atoms with E-state index in [-0.39, 0.29) is 96.8 Å². The number of carbonyl (C=O) groups excluding carboxylic acids is 16. The number of esters is 4. The lowest BCUT2D eigenvalue weighted by atomic mass is 9.93. The number of aromatic nitrogens is 1. The molecule has 0 aliphatic carbocycles. The van der Waals surface area contributed by atoms with Crippen molar-refractivity contribution in [1.29, 1.82) is 0 Å². The third-order valence-corrected chi connectivity index (χ3v) is 21.4. The van der Waals surface area contributed by atoms with Crippen LogP contribution in [-0.2, 0) is 134 Å². The number of primary amides is 1. The molecule has 0 spiro atoms. The number of methoxy groups -OCH3 is 1. The number of amides is 12. The molecule has 2 bridgehead atoms. The fourth-order valence-electron chi connectivity index (χ4n) is 13.5. The summed E-state index contributed by atoms with van der Waals surface area (Å²) in [6.07, 6.45) is -13.2. The molecular formula is C79H113N13O32S. The summed E-state index contributed by atoms with van der Waals surface area (Å²) in [5.41, 5.74) is 7.29. The van der Waals surface area contributed by atoms with Crippen molar-refractivity contribution in [2.24, 2.45) is 17.6 Å². The molecule has 1 aromatic heterocycles. The van der Waals surface area contributed by atoms with Gasteiger partial charge in [0, 0.05) is 94.4 Å². The van der Waals surface area contributed by atoms with Crippen molar-refractivity contribution in [3.63, 3.8) is 0 Å². The lowest BCUT2D eigenvalue weighted by Gasteiger charge is -2.43. The number of ether oxygens (including phenoxy) is 11. The highest BCUT2D eigenvalue weighted by Crippen LogP contribution is 2.35. The Morgan fingerprint density at radius 1 is 0.752 bits per heavy atom. The molecule has 2 aromatic carbocycles. The minimum Gasteiger partial charge on any atom is -0.610 e. The van der Waals surface area contributed by atoms with Gasteiger partial charge < -0.3 is 135 Å². The third kappa shape index (κ3) is 30.5. The van der Waals surface area contributed by atoms with E-state index in [4.69, 9.17) is 62.7 Å². The molecule has 46 heteroatoms. The molecule has 2 fully saturated rings. The first-order chi connectivity index (χ1) is 59.2. The summed E-state index contributed by atoms with van der Waals surface area (Å²) in [6.45, 7) is 9.56. The van der Waals surface area contributed by atoms with Crippen molar-refractivity contribution in [1.82, 2.24) is 62.8 Å². The molecule has 3 unspecified atom stereocenters. The first-order valence-corrected chi connectivity index (χ1v) is 41.8. The van der Waals surface area contributed by atoms with Crippen molar-refractivity contribution in [2.75, 3.05) is 98.9 Å². The van der Waals surface area contributed by atoms with Crippen LogP contribution in [0.1, 0.15) is 129 Å². The zero-order valence-corrected chi connectivity index (χ0v) is 72.1. The summed E-state index contributed by atoms with van der Waals surface area (Å²) in [5.74, 6) is -17.2. The average molecular weight is 1790 g/mol. The summed E-state index contributed by atoms with van der Waals surface area (Å²) in [7, 11) is 2.50. The van der Waals surface area contributed by atoms with Crippen LogP contribution in [0.2, 0.25) is 0 Å². The van der Waals surface area contributed by atoms with E-state index in [9.17, 15) is 92.0 Å². The maximum atomic E-state index is 15.3. The Hall–Kier alpha value is -11.3. The van der Waals surface area contributed by atoms with Crippen LogP contribution in [0.25, 0.3) is 10.9 Å².